The molecule has 0 saturated carbocycles. The van der Waals surface area contributed by atoms with Crippen molar-refractivity contribution < 1.29 is 0 Å². The minimum atomic E-state index is 0.768. The molecule has 0 radical (unpaired) electrons. The molecule has 16 heavy (non-hydrogen) atoms. The molecule has 2 heteroatoms. The van der Waals surface area contributed by atoms with Crippen molar-refractivity contribution in [3.8, 4) is 0 Å². The first-order chi connectivity index (χ1) is 7.63. The summed E-state index contributed by atoms with van der Waals surface area (Å²) in [5, 5.41) is 3.61. The molecule has 96 valence electrons. The van der Waals surface area contributed by atoms with Crippen molar-refractivity contribution in [3.63, 3.8) is 0 Å². The molecule has 2 atom stereocenters. The summed E-state index contributed by atoms with van der Waals surface area (Å²) >= 11 is 0. The summed E-state index contributed by atoms with van der Waals surface area (Å²) in [4.78, 5) is 2.70. The Hall–Kier alpha value is -0.0800. The van der Waals surface area contributed by atoms with E-state index in [9.17, 15) is 0 Å². The van der Waals surface area contributed by atoms with Crippen molar-refractivity contribution in [2.75, 3.05) is 26.2 Å². The lowest BCUT2D eigenvalue weighted by atomic mass is 10.1. The molecule has 2 unspecified atom stereocenters. The van der Waals surface area contributed by atoms with Gasteiger partial charge in [0.25, 0.3) is 0 Å². The fourth-order valence-electron chi connectivity index (χ4n) is 2.43. The predicted octanol–water partition coefficient (Wildman–Crippen LogP) is 2.74. The van der Waals surface area contributed by atoms with Crippen LogP contribution in [0.5, 0.6) is 0 Å². The highest BCUT2D eigenvalue weighted by Crippen LogP contribution is 2.19. The van der Waals surface area contributed by atoms with Crippen LogP contribution in [-0.2, 0) is 0 Å². The van der Waals surface area contributed by atoms with E-state index in [4.69, 9.17) is 0 Å². The van der Waals surface area contributed by atoms with Gasteiger partial charge in [-0.3, -0.25) is 4.90 Å². The summed E-state index contributed by atoms with van der Waals surface area (Å²) in [6.07, 6.45) is 4.09. The van der Waals surface area contributed by atoms with Crippen molar-refractivity contribution in [1.29, 1.82) is 0 Å². The Morgan fingerprint density at radius 2 is 2.06 bits per heavy atom. The van der Waals surface area contributed by atoms with Gasteiger partial charge in [-0.25, -0.2) is 0 Å². The van der Waals surface area contributed by atoms with Gasteiger partial charge in [0.2, 0.25) is 0 Å². The van der Waals surface area contributed by atoms with E-state index in [1.54, 1.807) is 0 Å². The van der Waals surface area contributed by atoms with Crippen molar-refractivity contribution >= 4 is 0 Å². The molecule has 1 N–H and O–H groups in total. The largest absolute Gasteiger partial charge is 0.315 e. The van der Waals surface area contributed by atoms with Crippen LogP contribution in [0.25, 0.3) is 0 Å². The highest BCUT2D eigenvalue weighted by molar-refractivity contribution is 4.81. The fourth-order valence-corrected chi connectivity index (χ4v) is 2.43. The highest BCUT2D eigenvalue weighted by atomic mass is 15.2. The molecule has 0 bridgehead atoms. The van der Waals surface area contributed by atoms with E-state index in [1.165, 1.54) is 38.9 Å². The smallest absolute Gasteiger partial charge is 0.0221 e. The van der Waals surface area contributed by atoms with Crippen LogP contribution in [0, 0.1) is 11.8 Å². The molecular weight excluding hydrogens is 196 g/mol. The van der Waals surface area contributed by atoms with Crippen LogP contribution < -0.4 is 5.32 Å². The van der Waals surface area contributed by atoms with Crippen LogP contribution in [-0.4, -0.2) is 37.1 Å². The fraction of sp³-hybridized carbons (Fsp3) is 1.00. The first-order valence-electron chi connectivity index (χ1n) is 7.08. The number of rotatable bonds is 7. The van der Waals surface area contributed by atoms with Gasteiger partial charge in [0.15, 0.2) is 0 Å². The maximum Gasteiger partial charge on any atom is 0.0221 e. The maximum absolute atomic E-state index is 3.61. The Balaban J connectivity index is 2.23. The molecule has 2 nitrogen and oxygen atoms in total. The molecule has 0 spiro atoms. The zero-order valence-electron chi connectivity index (χ0n) is 11.6. The third kappa shape index (κ3) is 4.84. The second-order valence-corrected chi connectivity index (χ2v) is 5.86. The monoisotopic (exact) mass is 226 g/mol. The highest BCUT2D eigenvalue weighted by Gasteiger charge is 2.24. The first kappa shape index (κ1) is 14.0. The molecule has 0 aromatic carbocycles. The van der Waals surface area contributed by atoms with Crippen molar-refractivity contribution in [3.05, 3.63) is 0 Å². The van der Waals surface area contributed by atoms with E-state index in [1.807, 2.05) is 0 Å². The van der Waals surface area contributed by atoms with Gasteiger partial charge >= 0.3 is 0 Å². The Morgan fingerprint density at radius 3 is 2.69 bits per heavy atom. The number of hydrogen-bond donors (Lipinski definition) is 1. The number of likely N-dealkylation sites (tertiary alicyclic amines) is 1. The Labute approximate surface area is 102 Å². The molecular formula is C14H30N2. The third-order valence-electron chi connectivity index (χ3n) is 3.67. The van der Waals surface area contributed by atoms with Crippen LogP contribution in [0.2, 0.25) is 0 Å². The summed E-state index contributed by atoms with van der Waals surface area (Å²) in [6, 6.07) is 0.799. The van der Waals surface area contributed by atoms with Gasteiger partial charge in [-0.2, -0.15) is 0 Å². The molecule has 1 saturated heterocycles. The molecule has 1 fully saturated rings. The van der Waals surface area contributed by atoms with Gasteiger partial charge in [-0.15, -0.1) is 0 Å². The molecule has 0 aliphatic carbocycles. The van der Waals surface area contributed by atoms with Crippen LogP contribution in [0.1, 0.15) is 47.0 Å². The summed E-state index contributed by atoms with van der Waals surface area (Å²) < 4.78 is 0. The SMILES string of the molecule is CCC(C)CN1CCCC1CNCC(C)C. The molecule has 0 aromatic rings. The third-order valence-corrected chi connectivity index (χ3v) is 3.67. The number of nitrogens with zero attached hydrogens (tertiary/aromatic N) is 1. The average Bonchev–Trinajstić information content (AvgIpc) is 2.65. The van der Waals surface area contributed by atoms with Gasteiger partial charge < -0.3 is 5.32 Å². The Kier molecular flexibility index (Phi) is 6.37. The minimum Gasteiger partial charge on any atom is -0.315 e. The van der Waals surface area contributed by atoms with Gasteiger partial charge in [0.05, 0.1) is 0 Å². The van der Waals surface area contributed by atoms with Gasteiger partial charge in [-0.1, -0.05) is 34.1 Å². The van der Waals surface area contributed by atoms with Crippen LogP contribution in [0.15, 0.2) is 0 Å². The van der Waals surface area contributed by atoms with E-state index in [-0.39, 0.29) is 0 Å². The second-order valence-electron chi connectivity index (χ2n) is 5.86. The quantitative estimate of drug-likeness (QED) is 0.718. The van der Waals surface area contributed by atoms with Crippen LogP contribution in [0.3, 0.4) is 0 Å². The molecule has 0 aromatic heterocycles. The van der Waals surface area contributed by atoms with Crippen molar-refractivity contribution in [2.45, 2.75) is 53.0 Å². The average molecular weight is 226 g/mol. The zero-order valence-corrected chi connectivity index (χ0v) is 11.6. The standard InChI is InChI=1S/C14H30N2/c1-5-13(4)11-16-8-6-7-14(16)10-15-9-12(2)3/h12-15H,5-11H2,1-4H3. The number of hydrogen-bond acceptors (Lipinski definition) is 2. The summed E-state index contributed by atoms with van der Waals surface area (Å²) in [6.45, 7) is 14.2. The molecule has 1 aliphatic heterocycles. The summed E-state index contributed by atoms with van der Waals surface area (Å²) in [5.74, 6) is 1.62. The lowest BCUT2D eigenvalue weighted by molar-refractivity contribution is 0.212. The molecule has 1 rings (SSSR count). The van der Waals surface area contributed by atoms with Gasteiger partial charge in [0, 0.05) is 19.1 Å². The van der Waals surface area contributed by atoms with E-state index in [2.05, 4.69) is 37.9 Å². The first-order valence-corrected chi connectivity index (χ1v) is 7.08. The van der Waals surface area contributed by atoms with Crippen LogP contribution >= 0.6 is 0 Å². The van der Waals surface area contributed by atoms with Crippen LogP contribution in [0.4, 0.5) is 0 Å². The lowest BCUT2D eigenvalue weighted by Gasteiger charge is -2.27. The summed E-state index contributed by atoms with van der Waals surface area (Å²) in [7, 11) is 0. The second kappa shape index (κ2) is 7.29. The Bertz CT molecular complexity index is 180. The molecule has 1 heterocycles. The molecule has 0 amide bonds. The van der Waals surface area contributed by atoms with Crippen molar-refractivity contribution in [2.24, 2.45) is 11.8 Å². The van der Waals surface area contributed by atoms with E-state index in [0.29, 0.717) is 0 Å². The Morgan fingerprint density at radius 1 is 1.31 bits per heavy atom. The number of nitrogens with one attached hydrogen (secondary N) is 1. The van der Waals surface area contributed by atoms with Gasteiger partial charge in [0.1, 0.15) is 0 Å². The predicted molar refractivity (Wildman–Crippen MR) is 71.8 cm³/mol. The summed E-state index contributed by atoms with van der Waals surface area (Å²) in [5.41, 5.74) is 0. The zero-order chi connectivity index (χ0) is 12.0. The topological polar surface area (TPSA) is 15.3 Å². The van der Waals surface area contributed by atoms with E-state index in [0.717, 1.165) is 24.4 Å². The minimum absolute atomic E-state index is 0.768. The van der Waals surface area contributed by atoms with E-state index >= 15 is 0 Å². The van der Waals surface area contributed by atoms with Gasteiger partial charge in [-0.05, 0) is 37.8 Å². The maximum atomic E-state index is 3.61. The normalized spacial score (nSPS) is 24.2. The molecule has 1 aliphatic rings. The van der Waals surface area contributed by atoms with E-state index < -0.39 is 0 Å². The lowest BCUT2D eigenvalue weighted by Crippen LogP contribution is -2.40. The van der Waals surface area contributed by atoms with Crippen molar-refractivity contribution in [1.82, 2.24) is 10.2 Å².